The van der Waals surface area contributed by atoms with Gasteiger partial charge >= 0.3 is 5.97 Å². The van der Waals surface area contributed by atoms with Crippen LogP contribution in [0.3, 0.4) is 0 Å². The third-order valence-electron chi connectivity index (χ3n) is 3.76. The van der Waals surface area contributed by atoms with Gasteiger partial charge in [0.1, 0.15) is 6.04 Å². The van der Waals surface area contributed by atoms with E-state index in [1.54, 1.807) is 42.5 Å². The lowest BCUT2D eigenvalue weighted by Crippen LogP contribution is -2.32. The van der Waals surface area contributed by atoms with E-state index in [2.05, 4.69) is 0 Å². The van der Waals surface area contributed by atoms with Crippen LogP contribution in [0.4, 0.5) is 0 Å². The number of hydrogen-bond acceptors (Lipinski definition) is 4. The van der Waals surface area contributed by atoms with Crippen LogP contribution in [0.15, 0.2) is 42.5 Å². The molecule has 22 heavy (non-hydrogen) atoms. The van der Waals surface area contributed by atoms with Gasteiger partial charge in [-0.2, -0.15) is 0 Å². The summed E-state index contributed by atoms with van der Waals surface area (Å²) in [6, 6.07) is 10.4. The van der Waals surface area contributed by atoms with E-state index in [4.69, 9.17) is 10.8 Å². The molecule has 3 rings (SSSR count). The summed E-state index contributed by atoms with van der Waals surface area (Å²) in [4.78, 5) is 35.8. The Hall–Kier alpha value is -2.79. The number of hydrogen-bond donors (Lipinski definition) is 2. The first-order chi connectivity index (χ1) is 10.5. The zero-order valence-electron chi connectivity index (χ0n) is 11.6. The lowest BCUT2D eigenvalue weighted by atomic mass is 9.83. The Morgan fingerprint density at radius 2 is 1.50 bits per heavy atom. The molecule has 0 unspecified atom stereocenters. The SMILES string of the molecule is N[C@@H](Cc1ccc2c(c1)C(=O)c1ccccc1C2=O)C(=O)O. The molecule has 0 heterocycles. The van der Waals surface area contributed by atoms with Crippen LogP contribution >= 0.6 is 0 Å². The topological polar surface area (TPSA) is 97.5 Å². The largest absolute Gasteiger partial charge is 0.480 e. The van der Waals surface area contributed by atoms with E-state index in [-0.39, 0.29) is 18.0 Å². The van der Waals surface area contributed by atoms with Crippen molar-refractivity contribution in [2.75, 3.05) is 0 Å². The van der Waals surface area contributed by atoms with Gasteiger partial charge < -0.3 is 10.8 Å². The van der Waals surface area contributed by atoms with Crippen LogP contribution in [0, 0.1) is 0 Å². The first kappa shape index (κ1) is 14.2. The van der Waals surface area contributed by atoms with Gasteiger partial charge in [0.15, 0.2) is 11.6 Å². The summed E-state index contributed by atoms with van der Waals surface area (Å²) in [7, 11) is 0. The molecule has 2 aromatic carbocycles. The first-order valence-electron chi connectivity index (χ1n) is 6.79. The zero-order valence-corrected chi connectivity index (χ0v) is 11.6. The second kappa shape index (κ2) is 5.20. The minimum atomic E-state index is -1.11. The molecule has 0 radical (unpaired) electrons. The lowest BCUT2D eigenvalue weighted by Gasteiger charge is -2.18. The normalized spacial score (nSPS) is 14.2. The maximum Gasteiger partial charge on any atom is 0.320 e. The van der Waals surface area contributed by atoms with Gasteiger partial charge in [0.2, 0.25) is 0 Å². The number of rotatable bonds is 3. The average molecular weight is 295 g/mol. The van der Waals surface area contributed by atoms with Crippen LogP contribution in [0.2, 0.25) is 0 Å². The molecule has 1 aliphatic carbocycles. The molecule has 5 nitrogen and oxygen atoms in total. The van der Waals surface area contributed by atoms with Crippen molar-refractivity contribution in [3.05, 3.63) is 70.3 Å². The second-order valence-electron chi connectivity index (χ2n) is 5.23. The third kappa shape index (κ3) is 2.21. The van der Waals surface area contributed by atoms with E-state index >= 15 is 0 Å². The highest BCUT2D eigenvalue weighted by molar-refractivity contribution is 6.28. The van der Waals surface area contributed by atoms with Gasteiger partial charge in [-0.3, -0.25) is 14.4 Å². The highest BCUT2D eigenvalue weighted by Crippen LogP contribution is 2.28. The summed E-state index contributed by atoms with van der Waals surface area (Å²) in [5, 5.41) is 8.86. The van der Waals surface area contributed by atoms with Crippen molar-refractivity contribution in [1.29, 1.82) is 0 Å². The van der Waals surface area contributed by atoms with Crippen molar-refractivity contribution in [3.8, 4) is 0 Å². The predicted molar refractivity (Wildman–Crippen MR) is 79.1 cm³/mol. The lowest BCUT2D eigenvalue weighted by molar-refractivity contribution is -0.138. The quantitative estimate of drug-likeness (QED) is 0.761. The van der Waals surface area contributed by atoms with Gasteiger partial charge in [-0.15, -0.1) is 0 Å². The Labute approximate surface area is 126 Å². The maximum atomic E-state index is 12.5. The van der Waals surface area contributed by atoms with E-state index in [1.165, 1.54) is 0 Å². The minimum absolute atomic E-state index is 0.103. The van der Waals surface area contributed by atoms with Crippen molar-refractivity contribution < 1.29 is 19.5 Å². The molecule has 0 saturated heterocycles. The first-order valence-corrected chi connectivity index (χ1v) is 6.79. The fourth-order valence-corrected chi connectivity index (χ4v) is 2.61. The highest BCUT2D eigenvalue weighted by atomic mass is 16.4. The molecule has 0 amide bonds. The molecular weight excluding hydrogens is 282 g/mol. The smallest absolute Gasteiger partial charge is 0.320 e. The maximum absolute atomic E-state index is 12.5. The van der Waals surface area contributed by atoms with Gasteiger partial charge in [0.05, 0.1) is 0 Å². The molecular formula is C17H13NO4. The fraction of sp³-hybridized carbons (Fsp3) is 0.118. The zero-order chi connectivity index (χ0) is 15.9. The van der Waals surface area contributed by atoms with E-state index < -0.39 is 12.0 Å². The van der Waals surface area contributed by atoms with Gasteiger partial charge in [-0.05, 0) is 18.1 Å². The molecule has 0 fully saturated rings. The van der Waals surface area contributed by atoms with Crippen molar-refractivity contribution in [2.45, 2.75) is 12.5 Å². The third-order valence-corrected chi connectivity index (χ3v) is 3.76. The van der Waals surface area contributed by atoms with Crippen LogP contribution in [-0.4, -0.2) is 28.7 Å². The summed E-state index contributed by atoms with van der Waals surface area (Å²) < 4.78 is 0. The molecule has 110 valence electrons. The van der Waals surface area contributed by atoms with Gasteiger partial charge in [0.25, 0.3) is 0 Å². The fourth-order valence-electron chi connectivity index (χ4n) is 2.61. The van der Waals surface area contributed by atoms with Gasteiger partial charge in [-0.25, -0.2) is 0 Å². The number of benzene rings is 2. The van der Waals surface area contributed by atoms with E-state index in [1.807, 2.05) is 0 Å². The number of aliphatic carboxylic acids is 1. The molecule has 5 heteroatoms. The second-order valence-corrected chi connectivity index (χ2v) is 5.23. The molecule has 0 aromatic heterocycles. The monoisotopic (exact) mass is 295 g/mol. The summed E-state index contributed by atoms with van der Waals surface area (Å²) >= 11 is 0. The Kier molecular flexibility index (Phi) is 3.35. The van der Waals surface area contributed by atoms with Crippen LogP contribution < -0.4 is 5.73 Å². The van der Waals surface area contributed by atoms with Crippen molar-refractivity contribution in [2.24, 2.45) is 5.73 Å². The highest BCUT2D eigenvalue weighted by Gasteiger charge is 2.29. The molecule has 1 aliphatic rings. The van der Waals surface area contributed by atoms with E-state index in [0.29, 0.717) is 27.8 Å². The molecule has 2 aromatic rings. The number of fused-ring (bicyclic) bond motifs is 2. The van der Waals surface area contributed by atoms with Gasteiger partial charge in [0, 0.05) is 22.3 Å². The average Bonchev–Trinajstić information content (AvgIpc) is 2.52. The van der Waals surface area contributed by atoms with Gasteiger partial charge in [-0.1, -0.05) is 36.4 Å². The number of carboxylic acid groups (broad SMARTS) is 1. The van der Waals surface area contributed by atoms with Crippen LogP contribution in [0.25, 0.3) is 0 Å². The predicted octanol–water partition coefficient (Wildman–Crippen LogP) is 1.42. The Bertz CT molecular complexity index is 810. The van der Waals surface area contributed by atoms with Crippen LogP contribution in [-0.2, 0) is 11.2 Å². The Balaban J connectivity index is 2.04. The molecule has 0 aliphatic heterocycles. The molecule has 1 atom stereocenters. The van der Waals surface area contributed by atoms with Crippen LogP contribution in [0.5, 0.6) is 0 Å². The van der Waals surface area contributed by atoms with E-state index in [9.17, 15) is 14.4 Å². The van der Waals surface area contributed by atoms with Crippen molar-refractivity contribution in [3.63, 3.8) is 0 Å². The Morgan fingerprint density at radius 1 is 0.955 bits per heavy atom. The van der Waals surface area contributed by atoms with E-state index in [0.717, 1.165) is 0 Å². The number of ketones is 2. The molecule has 0 saturated carbocycles. The molecule has 0 bridgehead atoms. The van der Waals surface area contributed by atoms with Crippen molar-refractivity contribution >= 4 is 17.5 Å². The number of carbonyl (C=O) groups is 3. The van der Waals surface area contributed by atoms with Crippen LogP contribution in [0.1, 0.15) is 37.4 Å². The summed E-state index contributed by atoms with van der Waals surface area (Å²) in [6.45, 7) is 0. The summed E-state index contributed by atoms with van der Waals surface area (Å²) in [6.07, 6.45) is 0.103. The number of carbonyl (C=O) groups excluding carboxylic acids is 2. The number of carboxylic acids is 1. The summed E-state index contributed by atoms with van der Waals surface area (Å²) in [5.74, 6) is -1.53. The number of nitrogens with two attached hydrogens (primary N) is 1. The Morgan fingerprint density at radius 3 is 2.09 bits per heavy atom. The minimum Gasteiger partial charge on any atom is -0.480 e. The molecule has 0 spiro atoms. The molecule has 3 N–H and O–H groups in total. The standard InChI is InChI=1S/C17H13NO4/c18-14(17(21)22)8-9-5-6-12-13(7-9)16(20)11-4-2-1-3-10(11)15(12)19/h1-7,14H,8,18H2,(H,21,22)/t14-/m0/s1. The van der Waals surface area contributed by atoms with Crippen molar-refractivity contribution in [1.82, 2.24) is 0 Å². The summed E-state index contributed by atoms with van der Waals surface area (Å²) in [5.41, 5.74) is 7.55.